The van der Waals surface area contributed by atoms with Crippen molar-refractivity contribution in [2.45, 2.75) is 31.4 Å². The van der Waals surface area contributed by atoms with Crippen LogP contribution in [0.4, 0.5) is 5.95 Å². The van der Waals surface area contributed by atoms with Gasteiger partial charge < -0.3 is 19.5 Å². The molecule has 0 radical (unpaired) electrons. The lowest BCUT2D eigenvalue weighted by molar-refractivity contribution is 0.0903. The molecule has 23 heavy (non-hydrogen) atoms. The van der Waals surface area contributed by atoms with Crippen molar-refractivity contribution in [3.05, 3.63) is 24.4 Å². The molecule has 1 atom stereocenters. The normalized spacial score (nSPS) is 22.3. The van der Waals surface area contributed by atoms with Crippen LogP contribution in [0.25, 0.3) is 10.9 Å². The van der Waals surface area contributed by atoms with E-state index in [4.69, 9.17) is 14.2 Å². The molecule has 0 spiro atoms. The molecule has 1 aromatic carbocycles. The van der Waals surface area contributed by atoms with E-state index in [-0.39, 0.29) is 6.10 Å². The van der Waals surface area contributed by atoms with Crippen molar-refractivity contribution < 1.29 is 14.2 Å². The zero-order valence-corrected chi connectivity index (χ0v) is 13.0. The van der Waals surface area contributed by atoms with E-state index < -0.39 is 0 Å². The maximum Gasteiger partial charge on any atom is 0.223 e. The molecular formula is C17H21N3O3. The third-order valence-corrected chi connectivity index (χ3v) is 4.30. The summed E-state index contributed by atoms with van der Waals surface area (Å²) in [6.07, 6.45) is 4.93. The quantitative estimate of drug-likeness (QED) is 0.934. The first-order valence-electron chi connectivity index (χ1n) is 8.22. The fraction of sp³-hybridized carbons (Fsp3) is 0.529. The number of hydrogen-bond donors (Lipinski definition) is 1. The second-order valence-corrected chi connectivity index (χ2v) is 6.05. The highest BCUT2D eigenvalue weighted by Crippen LogP contribution is 2.23. The largest absolute Gasteiger partial charge is 0.488 e. The molecule has 2 aliphatic rings. The third kappa shape index (κ3) is 3.54. The van der Waals surface area contributed by atoms with E-state index in [1.807, 2.05) is 24.4 Å². The number of hydrogen-bond acceptors (Lipinski definition) is 6. The van der Waals surface area contributed by atoms with E-state index in [1.165, 1.54) is 0 Å². The van der Waals surface area contributed by atoms with Crippen LogP contribution in [0.2, 0.25) is 0 Å². The van der Waals surface area contributed by atoms with E-state index >= 15 is 0 Å². The Morgan fingerprint density at radius 2 is 1.96 bits per heavy atom. The molecule has 0 saturated carbocycles. The SMILES string of the molecule is c1cc2cnc(NC3CCOCC3)nc2cc1O[C@H]1CCOC1. The minimum atomic E-state index is 0.147. The van der Waals surface area contributed by atoms with Gasteiger partial charge in [-0.05, 0) is 25.0 Å². The molecule has 1 N–H and O–H groups in total. The molecule has 0 aliphatic carbocycles. The molecule has 6 nitrogen and oxygen atoms in total. The number of ether oxygens (including phenoxy) is 3. The highest BCUT2D eigenvalue weighted by molar-refractivity contribution is 5.80. The van der Waals surface area contributed by atoms with Gasteiger partial charge in [0, 0.05) is 43.3 Å². The summed E-state index contributed by atoms with van der Waals surface area (Å²) < 4.78 is 16.7. The summed E-state index contributed by atoms with van der Waals surface area (Å²) in [5.41, 5.74) is 0.894. The standard InChI is InChI=1S/C17H21N3O3/c1-2-14(23-15-5-8-22-11-15)9-16-12(1)10-18-17(20-16)19-13-3-6-21-7-4-13/h1-2,9-10,13,15H,3-8,11H2,(H,18,19,20)/t15-/m0/s1. The van der Waals surface area contributed by atoms with Gasteiger partial charge in [-0.15, -0.1) is 0 Å². The van der Waals surface area contributed by atoms with Crippen LogP contribution in [0.15, 0.2) is 24.4 Å². The fourth-order valence-electron chi connectivity index (χ4n) is 2.97. The van der Waals surface area contributed by atoms with Crippen molar-refractivity contribution >= 4 is 16.9 Å². The van der Waals surface area contributed by atoms with Gasteiger partial charge >= 0.3 is 0 Å². The van der Waals surface area contributed by atoms with Crippen LogP contribution >= 0.6 is 0 Å². The molecule has 1 aromatic heterocycles. The number of nitrogens with one attached hydrogen (secondary N) is 1. The fourth-order valence-corrected chi connectivity index (χ4v) is 2.97. The van der Waals surface area contributed by atoms with Crippen molar-refractivity contribution in [1.82, 2.24) is 9.97 Å². The van der Waals surface area contributed by atoms with Gasteiger partial charge in [0.25, 0.3) is 0 Å². The first-order valence-corrected chi connectivity index (χ1v) is 8.22. The highest BCUT2D eigenvalue weighted by atomic mass is 16.5. The van der Waals surface area contributed by atoms with Crippen molar-refractivity contribution in [3.63, 3.8) is 0 Å². The Morgan fingerprint density at radius 3 is 2.78 bits per heavy atom. The summed E-state index contributed by atoms with van der Waals surface area (Å²) in [4.78, 5) is 9.04. The summed E-state index contributed by atoms with van der Waals surface area (Å²) >= 11 is 0. The van der Waals surface area contributed by atoms with E-state index in [2.05, 4.69) is 15.3 Å². The number of fused-ring (bicyclic) bond motifs is 1. The highest BCUT2D eigenvalue weighted by Gasteiger charge is 2.18. The predicted octanol–water partition coefficient (Wildman–Crippen LogP) is 2.39. The predicted molar refractivity (Wildman–Crippen MR) is 86.9 cm³/mol. The maximum atomic E-state index is 5.95. The van der Waals surface area contributed by atoms with Gasteiger partial charge in [-0.2, -0.15) is 0 Å². The van der Waals surface area contributed by atoms with Crippen LogP contribution in [-0.4, -0.2) is 48.5 Å². The Morgan fingerprint density at radius 1 is 1.09 bits per heavy atom. The summed E-state index contributed by atoms with van der Waals surface area (Å²) in [6, 6.07) is 6.33. The molecule has 0 bridgehead atoms. The summed E-state index contributed by atoms with van der Waals surface area (Å²) in [6.45, 7) is 3.04. The van der Waals surface area contributed by atoms with E-state index in [0.29, 0.717) is 18.6 Å². The second kappa shape index (κ2) is 6.68. The number of anilines is 1. The maximum absolute atomic E-state index is 5.95. The average Bonchev–Trinajstić information content (AvgIpc) is 3.08. The molecule has 4 rings (SSSR count). The summed E-state index contributed by atoms with van der Waals surface area (Å²) in [7, 11) is 0. The zero-order valence-electron chi connectivity index (χ0n) is 13.0. The molecule has 0 amide bonds. The molecule has 2 saturated heterocycles. The minimum absolute atomic E-state index is 0.147. The van der Waals surface area contributed by atoms with Gasteiger partial charge in [-0.1, -0.05) is 0 Å². The zero-order chi connectivity index (χ0) is 15.5. The molecule has 122 valence electrons. The lowest BCUT2D eigenvalue weighted by Crippen LogP contribution is -2.28. The van der Waals surface area contributed by atoms with Crippen molar-refractivity contribution in [2.75, 3.05) is 31.7 Å². The van der Waals surface area contributed by atoms with Crippen LogP contribution in [0.5, 0.6) is 5.75 Å². The Hall–Kier alpha value is -1.92. The number of benzene rings is 1. The molecule has 0 unspecified atom stereocenters. The topological polar surface area (TPSA) is 65.5 Å². The van der Waals surface area contributed by atoms with Gasteiger partial charge in [0.15, 0.2) is 0 Å². The van der Waals surface area contributed by atoms with Crippen LogP contribution in [0.1, 0.15) is 19.3 Å². The van der Waals surface area contributed by atoms with Crippen LogP contribution in [0, 0.1) is 0 Å². The molecule has 3 heterocycles. The summed E-state index contributed by atoms with van der Waals surface area (Å²) in [5.74, 6) is 1.51. The first-order chi connectivity index (χ1) is 11.4. The molecule has 6 heteroatoms. The Balaban J connectivity index is 1.51. The van der Waals surface area contributed by atoms with Gasteiger partial charge in [-0.3, -0.25) is 0 Å². The Labute approximate surface area is 135 Å². The van der Waals surface area contributed by atoms with E-state index in [1.54, 1.807) is 0 Å². The Bertz CT molecular complexity index is 667. The summed E-state index contributed by atoms with van der Waals surface area (Å²) in [5, 5.41) is 4.41. The first kappa shape index (κ1) is 14.7. The number of aromatic nitrogens is 2. The van der Waals surface area contributed by atoms with E-state index in [9.17, 15) is 0 Å². The van der Waals surface area contributed by atoms with E-state index in [0.717, 1.165) is 55.7 Å². The average molecular weight is 315 g/mol. The van der Waals surface area contributed by atoms with Crippen LogP contribution in [-0.2, 0) is 9.47 Å². The number of nitrogens with zero attached hydrogens (tertiary/aromatic N) is 2. The molecule has 2 fully saturated rings. The molecule has 2 aromatic rings. The van der Waals surface area contributed by atoms with Crippen molar-refractivity contribution in [1.29, 1.82) is 0 Å². The van der Waals surface area contributed by atoms with Gasteiger partial charge in [0.1, 0.15) is 11.9 Å². The van der Waals surface area contributed by atoms with Crippen molar-refractivity contribution in [3.8, 4) is 5.75 Å². The monoisotopic (exact) mass is 315 g/mol. The van der Waals surface area contributed by atoms with Crippen LogP contribution in [0.3, 0.4) is 0 Å². The third-order valence-electron chi connectivity index (χ3n) is 4.30. The second-order valence-electron chi connectivity index (χ2n) is 6.05. The van der Waals surface area contributed by atoms with Gasteiger partial charge in [-0.25, -0.2) is 9.97 Å². The minimum Gasteiger partial charge on any atom is -0.488 e. The van der Waals surface area contributed by atoms with Crippen molar-refractivity contribution in [2.24, 2.45) is 0 Å². The van der Waals surface area contributed by atoms with Gasteiger partial charge in [0.05, 0.1) is 18.7 Å². The number of rotatable bonds is 4. The molecule has 2 aliphatic heterocycles. The smallest absolute Gasteiger partial charge is 0.223 e. The lowest BCUT2D eigenvalue weighted by Gasteiger charge is -2.23. The lowest BCUT2D eigenvalue weighted by atomic mass is 10.1. The van der Waals surface area contributed by atoms with Crippen LogP contribution < -0.4 is 10.1 Å². The molecular weight excluding hydrogens is 294 g/mol. The van der Waals surface area contributed by atoms with Gasteiger partial charge in [0.2, 0.25) is 5.95 Å². The Kier molecular flexibility index (Phi) is 4.26.